The molecule has 0 N–H and O–H groups in total. The van der Waals surface area contributed by atoms with Gasteiger partial charge in [0, 0.05) is 32.0 Å². The predicted molar refractivity (Wildman–Crippen MR) is 239 cm³/mol. The van der Waals surface area contributed by atoms with E-state index in [1.807, 2.05) is 22.7 Å². The average molecular weight is 765 g/mol. The summed E-state index contributed by atoms with van der Waals surface area (Å²) in [6.45, 7) is 4.78. The largest absolute Gasteiger partial charge is 0.310 e. The fraction of sp³-hybridized carbons (Fsp3) is 0.0755. The Morgan fingerprint density at radius 1 is 0.421 bits per heavy atom. The molecule has 2 aliphatic carbocycles. The molecule has 12 rings (SSSR count). The molecule has 0 bridgehead atoms. The molecule has 1 aliphatic heterocycles. The van der Waals surface area contributed by atoms with Gasteiger partial charge in [0.15, 0.2) is 0 Å². The molecule has 0 amide bonds. The summed E-state index contributed by atoms with van der Waals surface area (Å²) in [7, 11) is 0. The first-order valence-corrected chi connectivity index (χ1v) is 21.4. The predicted octanol–water partition coefficient (Wildman–Crippen LogP) is 14.7. The van der Waals surface area contributed by atoms with E-state index in [1.165, 1.54) is 65.6 Å². The van der Waals surface area contributed by atoms with Crippen molar-refractivity contribution < 1.29 is 0 Å². The van der Waals surface area contributed by atoms with Gasteiger partial charge in [-0.2, -0.15) is 0 Å². The molecule has 0 saturated heterocycles. The van der Waals surface area contributed by atoms with E-state index in [4.69, 9.17) is 4.98 Å². The molecule has 0 fully saturated rings. The summed E-state index contributed by atoms with van der Waals surface area (Å²) in [6, 6.07) is 62.8. The summed E-state index contributed by atoms with van der Waals surface area (Å²) in [5, 5.41) is 4.59. The Hall–Kier alpha value is -6.33. The fourth-order valence-corrected chi connectivity index (χ4v) is 12.2. The minimum atomic E-state index is -0.429. The van der Waals surface area contributed by atoms with Crippen molar-refractivity contribution in [3.63, 3.8) is 0 Å². The molecular weight excluding hydrogens is 729 g/mol. The van der Waals surface area contributed by atoms with Crippen molar-refractivity contribution in [3.05, 3.63) is 214 Å². The van der Waals surface area contributed by atoms with E-state index in [1.54, 1.807) is 0 Å². The number of benzene rings is 6. The lowest BCUT2D eigenvalue weighted by molar-refractivity contribution is 0.658. The van der Waals surface area contributed by atoms with Crippen LogP contribution in [0.3, 0.4) is 0 Å². The van der Waals surface area contributed by atoms with Crippen LogP contribution in [-0.2, 0) is 10.8 Å². The second kappa shape index (κ2) is 12.1. The van der Waals surface area contributed by atoms with E-state index >= 15 is 0 Å². The first-order chi connectivity index (χ1) is 28.0. The maximum absolute atomic E-state index is 5.19. The van der Waals surface area contributed by atoms with Crippen LogP contribution in [0.2, 0.25) is 0 Å². The number of hydrogen-bond donors (Lipinski definition) is 0. The van der Waals surface area contributed by atoms with Crippen LogP contribution in [-0.4, -0.2) is 4.98 Å². The zero-order valence-electron chi connectivity index (χ0n) is 31.5. The summed E-state index contributed by atoms with van der Waals surface area (Å²) in [6.07, 6.45) is 0. The summed E-state index contributed by atoms with van der Waals surface area (Å²) in [4.78, 5) is 10.5. The van der Waals surface area contributed by atoms with E-state index in [2.05, 4.69) is 199 Å². The first kappa shape index (κ1) is 32.9. The minimum Gasteiger partial charge on any atom is -0.310 e. The van der Waals surface area contributed by atoms with E-state index in [-0.39, 0.29) is 5.41 Å². The van der Waals surface area contributed by atoms with Gasteiger partial charge in [-0.25, -0.2) is 4.98 Å². The van der Waals surface area contributed by atoms with E-state index in [0.717, 1.165) is 39.3 Å². The van der Waals surface area contributed by atoms with Crippen molar-refractivity contribution in [1.29, 1.82) is 0 Å². The number of nitrogens with zero attached hydrogens (tertiary/aromatic N) is 2. The third-order valence-electron chi connectivity index (χ3n) is 12.6. The van der Waals surface area contributed by atoms with Gasteiger partial charge in [-0.05, 0) is 121 Å². The normalized spacial score (nSPS) is 14.7. The molecule has 0 saturated carbocycles. The molecule has 4 heteroatoms. The zero-order valence-corrected chi connectivity index (χ0v) is 33.2. The topological polar surface area (TPSA) is 16.1 Å². The Bertz CT molecular complexity index is 2960. The Balaban J connectivity index is 1.12. The second-order valence-electron chi connectivity index (χ2n) is 15.9. The van der Waals surface area contributed by atoms with Crippen LogP contribution in [0.15, 0.2) is 181 Å². The van der Waals surface area contributed by atoms with Crippen LogP contribution in [0.5, 0.6) is 0 Å². The lowest BCUT2D eigenvalue weighted by Gasteiger charge is -2.45. The van der Waals surface area contributed by atoms with Crippen LogP contribution in [0, 0.1) is 0 Å². The molecule has 6 aromatic carbocycles. The molecule has 0 radical (unpaired) electrons. The van der Waals surface area contributed by atoms with Crippen molar-refractivity contribution >= 4 is 39.7 Å². The third-order valence-corrected chi connectivity index (χ3v) is 14.6. The van der Waals surface area contributed by atoms with Crippen LogP contribution in [0.4, 0.5) is 17.1 Å². The molecule has 3 aromatic heterocycles. The Morgan fingerprint density at radius 3 is 1.70 bits per heavy atom. The number of hydrogen-bond acceptors (Lipinski definition) is 4. The molecule has 0 unspecified atom stereocenters. The highest BCUT2D eigenvalue weighted by Crippen LogP contribution is 2.67. The molecule has 270 valence electrons. The lowest BCUT2D eigenvalue weighted by Crippen LogP contribution is -2.36. The van der Waals surface area contributed by atoms with Gasteiger partial charge in [0.1, 0.15) is 0 Å². The van der Waals surface area contributed by atoms with Gasteiger partial charge in [0.2, 0.25) is 0 Å². The van der Waals surface area contributed by atoms with Crippen molar-refractivity contribution in [2.45, 2.75) is 24.7 Å². The standard InChI is InChI=1S/C53H36N2S2/c1-52(2)40-21-10-9-20-38(40)39-31-45-49(32-44(39)52)55(48-23-12-11-22-41(48)53(45)42-24-26-56-50(42)51-43(53)25-27-57-51)37-19-13-18-35(28-37)36-29-46(33-14-5-3-6-15-33)54-47(30-36)34-16-7-4-8-17-34/h3-32H,1-2H3. The van der Waals surface area contributed by atoms with Gasteiger partial charge >= 0.3 is 0 Å². The summed E-state index contributed by atoms with van der Waals surface area (Å²) in [5.74, 6) is 0. The highest BCUT2D eigenvalue weighted by molar-refractivity contribution is 7.21. The number of fused-ring (bicyclic) bond motifs is 12. The van der Waals surface area contributed by atoms with Gasteiger partial charge in [0.25, 0.3) is 0 Å². The minimum absolute atomic E-state index is 0.145. The number of para-hydroxylation sites is 1. The van der Waals surface area contributed by atoms with Gasteiger partial charge in [0.05, 0.1) is 28.2 Å². The zero-order chi connectivity index (χ0) is 37.9. The van der Waals surface area contributed by atoms with Gasteiger partial charge in [-0.15, -0.1) is 22.7 Å². The van der Waals surface area contributed by atoms with E-state index < -0.39 is 5.41 Å². The first-order valence-electron chi connectivity index (χ1n) is 19.6. The molecule has 2 nitrogen and oxygen atoms in total. The van der Waals surface area contributed by atoms with Crippen molar-refractivity contribution in [1.82, 2.24) is 4.98 Å². The Kier molecular flexibility index (Phi) is 6.97. The van der Waals surface area contributed by atoms with Crippen LogP contribution >= 0.6 is 22.7 Å². The number of rotatable bonds is 4. The van der Waals surface area contributed by atoms with Crippen LogP contribution in [0.1, 0.15) is 47.2 Å². The van der Waals surface area contributed by atoms with E-state index in [0.29, 0.717) is 0 Å². The summed E-state index contributed by atoms with van der Waals surface area (Å²) >= 11 is 3.75. The van der Waals surface area contributed by atoms with Gasteiger partial charge < -0.3 is 4.90 Å². The van der Waals surface area contributed by atoms with Crippen molar-refractivity contribution in [3.8, 4) is 54.5 Å². The quantitative estimate of drug-likeness (QED) is 0.177. The highest BCUT2D eigenvalue weighted by Gasteiger charge is 2.54. The SMILES string of the molecule is CC1(C)c2ccccc2-c2cc3c(cc21)N(c1cccc(-c2cc(-c4ccccc4)nc(-c4ccccc4)c2)c1)c1ccccc1C31c2ccsc2-c2sccc21. The molecule has 4 heterocycles. The molecule has 57 heavy (non-hydrogen) atoms. The smallest absolute Gasteiger partial charge is 0.0771 e. The molecule has 3 aliphatic rings. The van der Waals surface area contributed by atoms with Crippen LogP contribution < -0.4 is 4.90 Å². The Morgan fingerprint density at radius 2 is 1.02 bits per heavy atom. The molecule has 1 spiro atoms. The number of anilines is 3. The van der Waals surface area contributed by atoms with Crippen molar-refractivity contribution in [2.75, 3.05) is 4.90 Å². The lowest BCUT2D eigenvalue weighted by atomic mass is 9.64. The number of aromatic nitrogens is 1. The Labute approximate surface area is 341 Å². The van der Waals surface area contributed by atoms with E-state index in [9.17, 15) is 0 Å². The highest BCUT2D eigenvalue weighted by atomic mass is 32.1. The monoisotopic (exact) mass is 764 g/mol. The third kappa shape index (κ3) is 4.54. The summed E-state index contributed by atoms with van der Waals surface area (Å²) in [5.41, 5.74) is 20.4. The average Bonchev–Trinajstić information content (AvgIpc) is 4.04. The second-order valence-corrected chi connectivity index (χ2v) is 17.8. The molecule has 9 aromatic rings. The number of pyridine rings is 1. The van der Waals surface area contributed by atoms with Gasteiger partial charge in [-0.3, -0.25) is 0 Å². The van der Waals surface area contributed by atoms with Crippen molar-refractivity contribution in [2.24, 2.45) is 0 Å². The number of thiophene rings is 2. The van der Waals surface area contributed by atoms with Crippen LogP contribution in [0.25, 0.3) is 54.5 Å². The maximum Gasteiger partial charge on any atom is 0.0771 e. The fourth-order valence-electron chi connectivity index (χ4n) is 10.1. The molecular formula is C53H36N2S2. The molecule has 0 atom stereocenters. The van der Waals surface area contributed by atoms with Gasteiger partial charge in [-0.1, -0.05) is 129 Å². The maximum atomic E-state index is 5.19. The summed E-state index contributed by atoms with van der Waals surface area (Å²) < 4.78 is 0.